The van der Waals surface area contributed by atoms with Gasteiger partial charge in [0.25, 0.3) is 5.91 Å². The highest BCUT2D eigenvalue weighted by Crippen LogP contribution is 2.28. The second-order valence-corrected chi connectivity index (χ2v) is 10.7. The van der Waals surface area contributed by atoms with Crippen LogP contribution in [0.25, 0.3) is 0 Å². The Kier molecular flexibility index (Phi) is 4.82. The van der Waals surface area contributed by atoms with Crippen molar-refractivity contribution in [2.45, 2.75) is 17.6 Å². The summed E-state index contributed by atoms with van der Waals surface area (Å²) in [5.74, 6) is -0.320. The first-order valence-electron chi connectivity index (χ1n) is 7.63. The first kappa shape index (κ1) is 18.8. The Hall–Kier alpha value is -1.95. The number of sulfonamides is 2. The zero-order chi connectivity index (χ0) is 19.1. The van der Waals surface area contributed by atoms with Crippen LogP contribution in [-0.4, -0.2) is 35.0 Å². The van der Waals surface area contributed by atoms with E-state index < -0.39 is 26.0 Å². The molecular weight excluding hydrogens is 398 g/mol. The monoisotopic (exact) mass is 415 g/mol. The number of nitrogens with one attached hydrogen (secondary N) is 1. The molecule has 0 unspecified atom stereocenters. The van der Waals surface area contributed by atoms with E-state index in [9.17, 15) is 21.6 Å². The summed E-state index contributed by atoms with van der Waals surface area (Å²) in [6.07, 6.45) is 0.588. The van der Waals surface area contributed by atoms with Crippen molar-refractivity contribution in [3.63, 3.8) is 0 Å². The highest BCUT2D eigenvalue weighted by atomic mass is 32.2. The Morgan fingerprint density at radius 3 is 2.42 bits per heavy atom. The van der Waals surface area contributed by atoms with E-state index in [4.69, 9.17) is 5.14 Å². The fourth-order valence-electron chi connectivity index (χ4n) is 2.65. The Labute approximate surface area is 155 Å². The molecular formula is C15H17N3O5S3. The number of aryl methyl sites for hydroxylation is 1. The van der Waals surface area contributed by atoms with Crippen molar-refractivity contribution in [2.75, 3.05) is 21.9 Å². The number of carbonyl (C=O) groups excluding carboxylic acids is 1. The van der Waals surface area contributed by atoms with Crippen LogP contribution in [0.3, 0.4) is 0 Å². The number of carbonyl (C=O) groups is 1. The lowest BCUT2D eigenvalue weighted by Gasteiger charge is -2.17. The maximum Gasteiger partial charge on any atom is 0.266 e. The van der Waals surface area contributed by atoms with Crippen LogP contribution >= 0.6 is 11.3 Å². The minimum absolute atomic E-state index is 0.0743. The van der Waals surface area contributed by atoms with Gasteiger partial charge in [-0.3, -0.25) is 9.10 Å². The van der Waals surface area contributed by atoms with Crippen molar-refractivity contribution in [1.29, 1.82) is 0 Å². The molecule has 1 aliphatic heterocycles. The Balaban J connectivity index is 1.78. The van der Waals surface area contributed by atoms with Gasteiger partial charge in [-0.1, -0.05) is 0 Å². The molecule has 2 aromatic rings. The second kappa shape index (κ2) is 6.65. The van der Waals surface area contributed by atoms with E-state index in [0.29, 0.717) is 29.9 Å². The van der Waals surface area contributed by atoms with Gasteiger partial charge in [0.2, 0.25) is 20.0 Å². The van der Waals surface area contributed by atoms with Crippen LogP contribution in [0, 0.1) is 6.92 Å². The zero-order valence-electron chi connectivity index (χ0n) is 13.8. The molecule has 140 valence electrons. The van der Waals surface area contributed by atoms with Gasteiger partial charge in [0.05, 0.1) is 16.3 Å². The number of anilines is 2. The molecule has 1 aromatic carbocycles. The van der Waals surface area contributed by atoms with Gasteiger partial charge in [-0.05, 0) is 49.2 Å². The average molecular weight is 416 g/mol. The highest BCUT2D eigenvalue weighted by Gasteiger charge is 2.28. The number of hydrogen-bond donors (Lipinski definition) is 2. The van der Waals surface area contributed by atoms with Gasteiger partial charge in [-0.25, -0.2) is 22.0 Å². The van der Waals surface area contributed by atoms with Gasteiger partial charge >= 0.3 is 0 Å². The van der Waals surface area contributed by atoms with Crippen molar-refractivity contribution < 1.29 is 21.6 Å². The molecule has 11 heteroatoms. The molecule has 1 amide bonds. The predicted molar refractivity (Wildman–Crippen MR) is 101 cm³/mol. The Morgan fingerprint density at radius 2 is 1.92 bits per heavy atom. The third-order valence-electron chi connectivity index (χ3n) is 3.89. The third kappa shape index (κ3) is 3.75. The summed E-state index contributed by atoms with van der Waals surface area (Å²) >= 11 is 0.805. The van der Waals surface area contributed by atoms with E-state index in [-0.39, 0.29) is 14.8 Å². The summed E-state index contributed by atoms with van der Waals surface area (Å²) in [6.45, 7) is 2.07. The van der Waals surface area contributed by atoms with Crippen LogP contribution < -0.4 is 14.8 Å². The smallest absolute Gasteiger partial charge is 0.266 e. The lowest BCUT2D eigenvalue weighted by atomic mass is 10.2. The van der Waals surface area contributed by atoms with E-state index in [2.05, 4.69) is 5.32 Å². The van der Waals surface area contributed by atoms with Gasteiger partial charge in [-0.2, -0.15) is 0 Å². The van der Waals surface area contributed by atoms with Crippen LogP contribution in [0.5, 0.6) is 0 Å². The van der Waals surface area contributed by atoms with Gasteiger partial charge in [-0.15, -0.1) is 11.3 Å². The quantitative estimate of drug-likeness (QED) is 0.782. The van der Waals surface area contributed by atoms with Crippen molar-refractivity contribution in [1.82, 2.24) is 0 Å². The summed E-state index contributed by atoms with van der Waals surface area (Å²) in [5, 5.41) is 7.76. The Morgan fingerprint density at radius 1 is 1.27 bits per heavy atom. The first-order chi connectivity index (χ1) is 12.1. The molecule has 26 heavy (non-hydrogen) atoms. The van der Waals surface area contributed by atoms with Crippen molar-refractivity contribution in [2.24, 2.45) is 5.14 Å². The van der Waals surface area contributed by atoms with Crippen LogP contribution in [0.1, 0.15) is 21.7 Å². The standard InChI is InChI=1S/C15H17N3O5S3/c1-10-9-13(26(16,22)23)24-14(10)15(19)17-11-3-5-12(6-4-11)18-7-2-8-25(18,20)21/h3-6,9H,2,7-8H2,1H3,(H,17,19)(H2,16,22,23). The predicted octanol–water partition coefficient (Wildman–Crippen LogP) is 1.50. The molecule has 0 spiro atoms. The molecule has 0 radical (unpaired) electrons. The largest absolute Gasteiger partial charge is 0.321 e. The third-order valence-corrected chi connectivity index (χ3v) is 8.42. The van der Waals surface area contributed by atoms with Crippen LogP contribution in [0.15, 0.2) is 34.5 Å². The fourth-order valence-corrected chi connectivity index (χ4v) is 6.07. The molecule has 0 aliphatic carbocycles. The first-order valence-corrected chi connectivity index (χ1v) is 11.6. The molecule has 3 N–H and O–H groups in total. The summed E-state index contributed by atoms with van der Waals surface area (Å²) in [7, 11) is -7.12. The molecule has 1 aliphatic rings. The maximum atomic E-state index is 12.4. The van der Waals surface area contributed by atoms with Gasteiger partial charge in [0.1, 0.15) is 4.21 Å². The van der Waals surface area contributed by atoms with E-state index in [1.54, 1.807) is 31.2 Å². The van der Waals surface area contributed by atoms with Crippen LogP contribution in [0.2, 0.25) is 0 Å². The number of rotatable bonds is 4. The van der Waals surface area contributed by atoms with Crippen molar-refractivity contribution in [3.05, 3.63) is 40.8 Å². The van der Waals surface area contributed by atoms with Gasteiger partial charge in [0, 0.05) is 12.2 Å². The molecule has 0 saturated carbocycles. The number of benzene rings is 1. The Bertz CT molecular complexity index is 1060. The van der Waals surface area contributed by atoms with Gasteiger partial charge < -0.3 is 5.32 Å². The molecule has 8 nitrogen and oxygen atoms in total. The molecule has 3 rings (SSSR count). The average Bonchev–Trinajstić information content (AvgIpc) is 3.10. The molecule has 1 fully saturated rings. The second-order valence-electron chi connectivity index (χ2n) is 5.87. The highest BCUT2D eigenvalue weighted by molar-refractivity contribution is 7.93. The normalized spacial score (nSPS) is 16.6. The summed E-state index contributed by atoms with van der Waals surface area (Å²) in [6, 6.07) is 7.80. The summed E-state index contributed by atoms with van der Waals surface area (Å²) in [5.41, 5.74) is 1.53. The molecule has 2 heterocycles. The molecule has 1 aromatic heterocycles. The molecule has 1 saturated heterocycles. The number of nitrogens with zero attached hydrogens (tertiary/aromatic N) is 1. The zero-order valence-corrected chi connectivity index (χ0v) is 16.2. The SMILES string of the molecule is Cc1cc(S(N)(=O)=O)sc1C(=O)Nc1ccc(N2CCCS2(=O)=O)cc1. The minimum Gasteiger partial charge on any atom is -0.321 e. The van der Waals surface area contributed by atoms with E-state index in [0.717, 1.165) is 11.3 Å². The topological polar surface area (TPSA) is 127 Å². The minimum atomic E-state index is -3.86. The number of primary sulfonamides is 1. The number of amides is 1. The van der Waals surface area contributed by atoms with E-state index in [1.165, 1.54) is 10.4 Å². The van der Waals surface area contributed by atoms with Crippen molar-refractivity contribution >= 4 is 48.7 Å². The van der Waals surface area contributed by atoms with Crippen LogP contribution in [-0.2, 0) is 20.0 Å². The number of thiophene rings is 1. The number of nitrogens with two attached hydrogens (primary N) is 1. The number of hydrogen-bond acceptors (Lipinski definition) is 6. The van der Waals surface area contributed by atoms with Crippen molar-refractivity contribution in [3.8, 4) is 0 Å². The molecule has 0 bridgehead atoms. The fraction of sp³-hybridized carbons (Fsp3) is 0.267. The van der Waals surface area contributed by atoms with Gasteiger partial charge in [0.15, 0.2) is 0 Å². The maximum absolute atomic E-state index is 12.4. The summed E-state index contributed by atoms with van der Waals surface area (Å²) in [4.78, 5) is 12.6. The summed E-state index contributed by atoms with van der Waals surface area (Å²) < 4.78 is 47.9. The lowest BCUT2D eigenvalue weighted by Crippen LogP contribution is -2.24. The van der Waals surface area contributed by atoms with Crippen LogP contribution in [0.4, 0.5) is 11.4 Å². The lowest BCUT2D eigenvalue weighted by molar-refractivity contribution is 0.103. The van der Waals surface area contributed by atoms with E-state index >= 15 is 0 Å². The van der Waals surface area contributed by atoms with E-state index in [1.807, 2.05) is 0 Å². The molecule has 0 atom stereocenters.